The third-order valence-corrected chi connectivity index (χ3v) is 5.08. The molecule has 1 fully saturated rings. The van der Waals surface area contributed by atoms with Gasteiger partial charge in [-0.05, 0) is 53.4 Å². The van der Waals surface area contributed by atoms with E-state index in [1.54, 1.807) is 7.11 Å². The molecule has 2 rings (SSSR count). The Kier molecular flexibility index (Phi) is 5.47. The van der Waals surface area contributed by atoms with Crippen LogP contribution in [0, 0.1) is 5.41 Å². The molecule has 1 saturated carbocycles. The summed E-state index contributed by atoms with van der Waals surface area (Å²) in [5.74, 6) is 0.851. The average Bonchev–Trinajstić information content (AvgIpc) is 2.94. The first-order valence-corrected chi connectivity index (χ1v) is 8.07. The molecule has 0 spiro atoms. The van der Waals surface area contributed by atoms with Crippen LogP contribution in [0.2, 0.25) is 0 Å². The maximum absolute atomic E-state index is 9.65. The maximum Gasteiger partial charge on any atom is 0.133 e. The quantitative estimate of drug-likeness (QED) is 0.829. The van der Waals surface area contributed by atoms with Crippen molar-refractivity contribution in [2.24, 2.45) is 5.41 Å². The van der Waals surface area contributed by atoms with Crippen molar-refractivity contribution >= 4 is 15.9 Å². The van der Waals surface area contributed by atoms with Crippen molar-refractivity contribution in [1.29, 1.82) is 0 Å². The Morgan fingerprint density at radius 2 is 2.10 bits per heavy atom. The number of ether oxygens (including phenoxy) is 1. The third-order valence-electron chi connectivity index (χ3n) is 4.46. The molecule has 112 valence electrons. The average molecular weight is 342 g/mol. The number of nitrogens with one attached hydrogen (secondary N) is 1. The number of halogens is 1. The number of aliphatic hydroxyl groups excluding tert-OH is 1. The summed E-state index contributed by atoms with van der Waals surface area (Å²) in [4.78, 5) is 0. The van der Waals surface area contributed by atoms with Crippen LogP contribution in [0.25, 0.3) is 0 Å². The van der Waals surface area contributed by atoms with E-state index in [0.29, 0.717) is 6.61 Å². The lowest BCUT2D eigenvalue weighted by Crippen LogP contribution is -2.36. The van der Waals surface area contributed by atoms with Crippen molar-refractivity contribution in [3.63, 3.8) is 0 Å². The number of aliphatic hydroxyl groups is 1. The van der Waals surface area contributed by atoms with E-state index in [1.807, 2.05) is 6.07 Å². The molecule has 1 aliphatic rings. The largest absolute Gasteiger partial charge is 0.496 e. The van der Waals surface area contributed by atoms with Crippen LogP contribution >= 0.6 is 15.9 Å². The molecule has 20 heavy (non-hydrogen) atoms. The molecule has 0 aliphatic heterocycles. The van der Waals surface area contributed by atoms with Crippen LogP contribution in [0.5, 0.6) is 5.75 Å². The Balaban J connectivity index is 1.97. The van der Waals surface area contributed by atoms with Crippen LogP contribution in [0.4, 0.5) is 0 Å². The van der Waals surface area contributed by atoms with Gasteiger partial charge in [-0.3, -0.25) is 0 Å². The van der Waals surface area contributed by atoms with E-state index in [2.05, 4.69) is 40.3 Å². The molecule has 0 radical (unpaired) electrons. The fourth-order valence-corrected chi connectivity index (χ4v) is 3.51. The Hall–Kier alpha value is -0.580. The second kappa shape index (κ2) is 6.92. The smallest absolute Gasteiger partial charge is 0.133 e. The predicted octanol–water partition coefficient (Wildman–Crippen LogP) is 3.66. The fraction of sp³-hybridized carbons (Fsp3) is 0.625. The SMILES string of the molecule is COc1ccc(C(C)NCC2(CO)CCCC2)cc1Br. The van der Waals surface area contributed by atoms with Gasteiger partial charge in [0.15, 0.2) is 0 Å². The van der Waals surface area contributed by atoms with E-state index in [0.717, 1.165) is 29.6 Å². The Morgan fingerprint density at radius 3 is 2.65 bits per heavy atom. The lowest BCUT2D eigenvalue weighted by molar-refractivity contribution is 0.125. The summed E-state index contributed by atoms with van der Waals surface area (Å²) < 4.78 is 6.23. The van der Waals surface area contributed by atoms with Gasteiger partial charge in [-0.15, -0.1) is 0 Å². The standard InChI is InChI=1S/C16H24BrNO2/c1-12(13-5-6-15(20-2)14(17)9-13)18-10-16(11-19)7-3-4-8-16/h5-6,9,12,18-19H,3-4,7-8,10-11H2,1-2H3. The van der Waals surface area contributed by atoms with E-state index in [1.165, 1.54) is 18.4 Å². The number of methoxy groups -OCH3 is 1. The lowest BCUT2D eigenvalue weighted by atomic mass is 9.87. The van der Waals surface area contributed by atoms with Crippen LogP contribution < -0.4 is 10.1 Å². The monoisotopic (exact) mass is 341 g/mol. The van der Waals surface area contributed by atoms with Gasteiger partial charge in [0.2, 0.25) is 0 Å². The van der Waals surface area contributed by atoms with Crippen molar-refractivity contribution < 1.29 is 9.84 Å². The number of rotatable bonds is 6. The predicted molar refractivity (Wildman–Crippen MR) is 85.1 cm³/mol. The third kappa shape index (κ3) is 3.54. The van der Waals surface area contributed by atoms with E-state index in [-0.39, 0.29) is 11.5 Å². The summed E-state index contributed by atoms with van der Waals surface area (Å²) in [6.07, 6.45) is 4.75. The van der Waals surface area contributed by atoms with Crippen molar-refractivity contribution in [1.82, 2.24) is 5.32 Å². The van der Waals surface area contributed by atoms with Gasteiger partial charge in [-0.25, -0.2) is 0 Å². The minimum Gasteiger partial charge on any atom is -0.496 e. The molecule has 0 saturated heterocycles. The molecule has 1 aromatic carbocycles. The van der Waals surface area contributed by atoms with Gasteiger partial charge >= 0.3 is 0 Å². The highest BCUT2D eigenvalue weighted by atomic mass is 79.9. The summed E-state index contributed by atoms with van der Waals surface area (Å²) in [6, 6.07) is 6.43. The molecular formula is C16H24BrNO2. The first-order chi connectivity index (χ1) is 9.60. The zero-order chi connectivity index (χ0) is 14.6. The van der Waals surface area contributed by atoms with Gasteiger partial charge in [0.1, 0.15) is 5.75 Å². The van der Waals surface area contributed by atoms with Crippen molar-refractivity contribution in [3.05, 3.63) is 28.2 Å². The molecule has 2 N–H and O–H groups in total. The fourth-order valence-electron chi connectivity index (χ4n) is 2.96. The zero-order valence-electron chi connectivity index (χ0n) is 12.3. The summed E-state index contributed by atoms with van der Waals surface area (Å²) in [5.41, 5.74) is 1.32. The minimum absolute atomic E-state index is 0.0952. The van der Waals surface area contributed by atoms with Crippen LogP contribution in [0.1, 0.15) is 44.2 Å². The van der Waals surface area contributed by atoms with E-state index >= 15 is 0 Å². The highest BCUT2D eigenvalue weighted by Crippen LogP contribution is 2.37. The number of hydrogen-bond acceptors (Lipinski definition) is 3. The highest BCUT2D eigenvalue weighted by molar-refractivity contribution is 9.10. The Labute approximate surface area is 129 Å². The second-order valence-electron chi connectivity index (χ2n) is 5.86. The van der Waals surface area contributed by atoms with Crippen LogP contribution in [0.3, 0.4) is 0 Å². The molecule has 0 aromatic heterocycles. The van der Waals surface area contributed by atoms with Crippen LogP contribution in [-0.2, 0) is 0 Å². The molecule has 3 nitrogen and oxygen atoms in total. The van der Waals surface area contributed by atoms with Gasteiger partial charge in [-0.1, -0.05) is 18.9 Å². The molecular weight excluding hydrogens is 318 g/mol. The number of benzene rings is 1. The Morgan fingerprint density at radius 1 is 1.40 bits per heavy atom. The van der Waals surface area contributed by atoms with Crippen LogP contribution in [-0.4, -0.2) is 25.4 Å². The second-order valence-corrected chi connectivity index (χ2v) is 6.72. The molecule has 1 aliphatic carbocycles. The summed E-state index contributed by atoms with van der Waals surface area (Å²) in [7, 11) is 1.67. The lowest BCUT2D eigenvalue weighted by Gasteiger charge is -2.29. The summed E-state index contributed by atoms with van der Waals surface area (Å²) in [5, 5.41) is 13.2. The first-order valence-electron chi connectivity index (χ1n) is 7.28. The minimum atomic E-state index is 0.0952. The van der Waals surface area contributed by atoms with Gasteiger partial charge in [-0.2, -0.15) is 0 Å². The van der Waals surface area contributed by atoms with Crippen molar-refractivity contribution in [2.75, 3.05) is 20.3 Å². The van der Waals surface area contributed by atoms with Crippen molar-refractivity contribution in [2.45, 2.75) is 38.6 Å². The summed E-state index contributed by atoms with van der Waals surface area (Å²) >= 11 is 3.52. The topological polar surface area (TPSA) is 41.5 Å². The maximum atomic E-state index is 9.65. The number of hydrogen-bond donors (Lipinski definition) is 2. The first kappa shape index (κ1) is 15.8. The molecule has 1 atom stereocenters. The van der Waals surface area contributed by atoms with E-state index in [4.69, 9.17) is 4.74 Å². The Bertz CT molecular complexity index is 444. The van der Waals surface area contributed by atoms with Gasteiger partial charge in [0.05, 0.1) is 11.6 Å². The molecule has 0 bridgehead atoms. The highest BCUT2D eigenvalue weighted by Gasteiger charge is 2.33. The van der Waals surface area contributed by atoms with Gasteiger partial charge < -0.3 is 15.2 Å². The molecule has 1 aromatic rings. The molecule has 1 unspecified atom stereocenters. The van der Waals surface area contributed by atoms with Gasteiger partial charge in [0, 0.05) is 24.6 Å². The molecule has 0 heterocycles. The van der Waals surface area contributed by atoms with E-state index < -0.39 is 0 Å². The zero-order valence-corrected chi connectivity index (χ0v) is 13.9. The molecule has 4 heteroatoms. The summed E-state index contributed by atoms with van der Waals surface area (Å²) in [6.45, 7) is 3.33. The van der Waals surface area contributed by atoms with Crippen LogP contribution in [0.15, 0.2) is 22.7 Å². The van der Waals surface area contributed by atoms with Crippen molar-refractivity contribution in [3.8, 4) is 5.75 Å². The molecule has 0 amide bonds. The normalized spacial score (nSPS) is 19.0. The van der Waals surface area contributed by atoms with Gasteiger partial charge in [0.25, 0.3) is 0 Å². The van der Waals surface area contributed by atoms with E-state index in [9.17, 15) is 5.11 Å².